The van der Waals surface area contributed by atoms with Crippen molar-refractivity contribution in [1.29, 1.82) is 0 Å². The molecule has 0 fully saturated rings. The van der Waals surface area contributed by atoms with Gasteiger partial charge in [0.25, 0.3) is 5.91 Å². The number of carbonyl (C=O) groups excluding carboxylic acids is 2. The summed E-state index contributed by atoms with van der Waals surface area (Å²) in [6.07, 6.45) is 1.55. The first-order valence-electron chi connectivity index (χ1n) is 8.27. The molecular weight excluding hydrogens is 332 g/mol. The van der Waals surface area contributed by atoms with E-state index in [2.05, 4.69) is 5.32 Å². The molecule has 0 spiro atoms. The van der Waals surface area contributed by atoms with Gasteiger partial charge >= 0.3 is 0 Å². The molecule has 26 heavy (non-hydrogen) atoms. The highest BCUT2D eigenvalue weighted by molar-refractivity contribution is 6.14. The van der Waals surface area contributed by atoms with E-state index < -0.39 is 0 Å². The van der Waals surface area contributed by atoms with Crippen LogP contribution in [0.2, 0.25) is 0 Å². The van der Waals surface area contributed by atoms with Gasteiger partial charge in [0.15, 0.2) is 0 Å². The van der Waals surface area contributed by atoms with Gasteiger partial charge in [0.2, 0.25) is 5.91 Å². The molecule has 1 N–H and O–H groups in total. The Hall–Kier alpha value is -3.28. The number of hydrogen-bond donors (Lipinski definition) is 1. The molecule has 2 aromatic carbocycles. The monoisotopic (exact) mass is 352 g/mol. The summed E-state index contributed by atoms with van der Waals surface area (Å²) in [5.41, 5.74) is 1.71. The van der Waals surface area contributed by atoms with Crippen molar-refractivity contribution in [3.05, 3.63) is 54.2 Å². The second-order valence-corrected chi connectivity index (χ2v) is 5.73. The van der Waals surface area contributed by atoms with E-state index in [-0.39, 0.29) is 11.8 Å². The maximum Gasteiger partial charge on any atom is 0.257 e. The number of hydrogen-bond acceptors (Lipinski definition) is 4. The van der Waals surface area contributed by atoms with Crippen molar-refractivity contribution < 1.29 is 19.1 Å². The van der Waals surface area contributed by atoms with Crippen molar-refractivity contribution in [2.24, 2.45) is 0 Å². The van der Waals surface area contributed by atoms with E-state index in [0.717, 1.165) is 5.75 Å². The lowest BCUT2D eigenvalue weighted by Gasteiger charge is -2.07. The first-order chi connectivity index (χ1) is 12.5. The third-order valence-electron chi connectivity index (χ3n) is 4.02. The summed E-state index contributed by atoms with van der Waals surface area (Å²) in [5.74, 6) is 0.894. The number of carbonyl (C=O) groups is 2. The van der Waals surface area contributed by atoms with Crippen LogP contribution in [-0.4, -0.2) is 30.1 Å². The van der Waals surface area contributed by atoms with Gasteiger partial charge < -0.3 is 14.8 Å². The quantitative estimate of drug-likeness (QED) is 0.754. The van der Waals surface area contributed by atoms with Crippen LogP contribution in [0.5, 0.6) is 11.5 Å². The molecule has 6 heteroatoms. The van der Waals surface area contributed by atoms with Gasteiger partial charge in [0.05, 0.1) is 24.8 Å². The largest absolute Gasteiger partial charge is 0.497 e. The summed E-state index contributed by atoms with van der Waals surface area (Å²) >= 11 is 0. The number of fused-ring (bicyclic) bond motifs is 1. The summed E-state index contributed by atoms with van der Waals surface area (Å²) in [4.78, 5) is 24.7. The van der Waals surface area contributed by atoms with Gasteiger partial charge in [0.1, 0.15) is 11.5 Å². The minimum atomic E-state index is -0.299. The van der Waals surface area contributed by atoms with Crippen molar-refractivity contribution in [3.8, 4) is 11.5 Å². The second kappa shape index (κ2) is 7.31. The number of ether oxygens (including phenoxy) is 2. The van der Waals surface area contributed by atoms with Crippen LogP contribution in [0.25, 0.3) is 10.9 Å². The van der Waals surface area contributed by atoms with Crippen LogP contribution in [0.15, 0.2) is 48.7 Å². The van der Waals surface area contributed by atoms with E-state index in [1.54, 1.807) is 55.8 Å². The van der Waals surface area contributed by atoms with Crippen LogP contribution in [0, 0.1) is 0 Å². The van der Waals surface area contributed by atoms with Gasteiger partial charge in [-0.25, -0.2) is 0 Å². The van der Waals surface area contributed by atoms with Gasteiger partial charge in [-0.2, -0.15) is 0 Å². The highest BCUT2D eigenvalue weighted by Crippen LogP contribution is 2.27. The standard InChI is InChI=1S/C20H20N2O4/c1-4-26-15-7-5-14(6-8-15)21-20(24)18-12-22(13(2)23)19-10-9-16(25-3)11-17(18)19/h5-12H,4H2,1-3H3,(H,21,24). The molecule has 0 aliphatic heterocycles. The average Bonchev–Trinajstić information content (AvgIpc) is 3.02. The lowest BCUT2D eigenvalue weighted by atomic mass is 10.1. The van der Waals surface area contributed by atoms with Crippen molar-refractivity contribution in [1.82, 2.24) is 4.57 Å². The fourth-order valence-electron chi connectivity index (χ4n) is 2.78. The number of anilines is 1. The topological polar surface area (TPSA) is 69.6 Å². The smallest absolute Gasteiger partial charge is 0.257 e. The number of methoxy groups -OCH3 is 1. The molecular formula is C20H20N2O4. The Bertz CT molecular complexity index is 958. The van der Waals surface area contributed by atoms with E-state index in [1.807, 2.05) is 6.92 Å². The molecule has 0 unspecified atom stereocenters. The summed E-state index contributed by atoms with van der Waals surface area (Å²) in [6.45, 7) is 3.95. The Balaban J connectivity index is 1.95. The number of nitrogens with zero attached hydrogens (tertiary/aromatic N) is 1. The van der Waals surface area contributed by atoms with E-state index in [1.165, 1.54) is 11.5 Å². The van der Waals surface area contributed by atoms with Crippen LogP contribution in [0.3, 0.4) is 0 Å². The molecule has 0 bridgehead atoms. The van der Waals surface area contributed by atoms with E-state index in [0.29, 0.717) is 34.5 Å². The number of rotatable bonds is 5. The van der Waals surface area contributed by atoms with Crippen LogP contribution in [0.1, 0.15) is 29.0 Å². The Morgan fingerprint density at radius 2 is 1.77 bits per heavy atom. The zero-order valence-corrected chi connectivity index (χ0v) is 14.9. The Morgan fingerprint density at radius 3 is 2.38 bits per heavy atom. The molecule has 0 saturated heterocycles. The highest BCUT2D eigenvalue weighted by Gasteiger charge is 2.17. The zero-order chi connectivity index (χ0) is 18.7. The van der Waals surface area contributed by atoms with Gasteiger partial charge in [-0.1, -0.05) is 0 Å². The molecule has 0 radical (unpaired) electrons. The van der Waals surface area contributed by atoms with Crippen molar-refractivity contribution in [2.75, 3.05) is 19.0 Å². The van der Waals surface area contributed by atoms with Crippen molar-refractivity contribution >= 4 is 28.4 Å². The maximum atomic E-state index is 12.8. The molecule has 6 nitrogen and oxygen atoms in total. The minimum Gasteiger partial charge on any atom is -0.497 e. The summed E-state index contributed by atoms with van der Waals surface area (Å²) in [7, 11) is 1.56. The molecule has 0 aliphatic carbocycles. The van der Waals surface area contributed by atoms with Crippen LogP contribution in [-0.2, 0) is 0 Å². The predicted molar refractivity (Wildman–Crippen MR) is 100 cm³/mol. The lowest BCUT2D eigenvalue weighted by Crippen LogP contribution is -2.12. The summed E-state index contributed by atoms with van der Waals surface area (Å²) in [6, 6.07) is 12.4. The van der Waals surface area contributed by atoms with Crippen LogP contribution in [0.4, 0.5) is 5.69 Å². The molecule has 0 saturated carbocycles. The minimum absolute atomic E-state index is 0.166. The zero-order valence-electron chi connectivity index (χ0n) is 14.9. The lowest BCUT2D eigenvalue weighted by molar-refractivity contribution is 0.0941. The Labute approximate surface area is 151 Å². The van der Waals surface area contributed by atoms with Crippen molar-refractivity contribution in [3.63, 3.8) is 0 Å². The highest BCUT2D eigenvalue weighted by atomic mass is 16.5. The SMILES string of the molecule is CCOc1ccc(NC(=O)c2cn(C(C)=O)c3ccc(OC)cc23)cc1. The predicted octanol–water partition coefficient (Wildman–Crippen LogP) is 3.96. The van der Waals surface area contributed by atoms with Crippen LogP contribution >= 0.6 is 0 Å². The maximum absolute atomic E-state index is 12.8. The summed E-state index contributed by atoms with van der Waals surface area (Å²) < 4.78 is 12.1. The molecule has 3 aromatic rings. The molecule has 134 valence electrons. The number of aromatic nitrogens is 1. The normalized spacial score (nSPS) is 10.6. The van der Waals surface area contributed by atoms with Gasteiger partial charge in [-0.3, -0.25) is 14.2 Å². The fraction of sp³-hybridized carbons (Fsp3) is 0.200. The van der Waals surface area contributed by atoms with Crippen molar-refractivity contribution in [2.45, 2.75) is 13.8 Å². The summed E-state index contributed by atoms with van der Waals surface area (Å²) in [5, 5.41) is 3.51. The van der Waals surface area contributed by atoms with Crippen LogP contribution < -0.4 is 14.8 Å². The van der Waals surface area contributed by atoms with E-state index in [4.69, 9.17) is 9.47 Å². The third-order valence-corrected chi connectivity index (χ3v) is 4.02. The first kappa shape index (κ1) is 17.5. The molecule has 1 heterocycles. The molecule has 1 aromatic heterocycles. The van der Waals surface area contributed by atoms with Gasteiger partial charge in [0, 0.05) is 24.2 Å². The number of amides is 1. The molecule has 0 atom stereocenters. The molecule has 1 amide bonds. The average molecular weight is 352 g/mol. The van der Waals surface area contributed by atoms with E-state index in [9.17, 15) is 9.59 Å². The van der Waals surface area contributed by atoms with Gasteiger partial charge in [-0.15, -0.1) is 0 Å². The molecule has 0 aliphatic rings. The molecule has 3 rings (SSSR count). The fourth-order valence-corrected chi connectivity index (χ4v) is 2.78. The van der Waals surface area contributed by atoms with E-state index >= 15 is 0 Å². The van der Waals surface area contributed by atoms with Gasteiger partial charge in [-0.05, 0) is 49.4 Å². The Morgan fingerprint density at radius 1 is 1.08 bits per heavy atom. The Kier molecular flexibility index (Phi) is 4.93. The first-order valence-corrected chi connectivity index (χ1v) is 8.27. The second-order valence-electron chi connectivity index (χ2n) is 5.73. The number of nitrogens with one attached hydrogen (secondary N) is 1. The third kappa shape index (κ3) is 3.39. The number of benzene rings is 2.